The van der Waals surface area contributed by atoms with Crippen LogP contribution in [0.1, 0.15) is 38.4 Å². The number of carbonyl (C=O) groups excluding carboxylic acids is 1. The zero-order chi connectivity index (χ0) is 22.8. The number of aromatic nitrogens is 2. The van der Waals surface area contributed by atoms with Gasteiger partial charge in [-0.05, 0) is 56.1 Å². The van der Waals surface area contributed by atoms with E-state index >= 15 is 0 Å². The predicted octanol–water partition coefficient (Wildman–Crippen LogP) is 3.71. The molecule has 0 bridgehead atoms. The minimum atomic E-state index is -0.171. The largest absolute Gasteiger partial charge is 0.376 e. The maximum absolute atomic E-state index is 13.7. The van der Waals surface area contributed by atoms with Gasteiger partial charge in [0.1, 0.15) is 17.2 Å². The van der Waals surface area contributed by atoms with E-state index in [0.717, 1.165) is 66.6 Å². The van der Waals surface area contributed by atoms with E-state index in [4.69, 9.17) is 9.72 Å². The molecule has 1 amide bonds. The third-order valence-electron chi connectivity index (χ3n) is 6.65. The number of carbonyl (C=O) groups is 1. The molecule has 0 radical (unpaired) electrons. The fraction of sp³-hybridized carbons (Fsp3) is 0.542. The molecule has 5 heterocycles. The van der Waals surface area contributed by atoms with Crippen LogP contribution in [0.25, 0.3) is 20.7 Å². The lowest BCUT2D eigenvalue weighted by molar-refractivity contribution is -0.122. The molecule has 0 aromatic carbocycles. The quantitative estimate of drug-likeness (QED) is 0.551. The smallest absolute Gasteiger partial charge is 0.263 e. The summed E-state index contributed by atoms with van der Waals surface area (Å²) in [6.07, 6.45) is 4.36. The fourth-order valence-corrected chi connectivity index (χ4v) is 6.39. The monoisotopic (exact) mass is 486 g/mol. The molecular weight excluding hydrogens is 456 g/mol. The maximum atomic E-state index is 13.7. The second-order valence-electron chi connectivity index (χ2n) is 9.12. The molecule has 2 aliphatic heterocycles. The van der Waals surface area contributed by atoms with E-state index in [1.54, 1.807) is 15.9 Å². The van der Waals surface area contributed by atoms with Crippen molar-refractivity contribution in [1.82, 2.24) is 19.8 Å². The highest BCUT2D eigenvalue weighted by molar-refractivity contribution is 7.18. The first-order chi connectivity index (χ1) is 16.1. The molecule has 2 fully saturated rings. The van der Waals surface area contributed by atoms with Crippen molar-refractivity contribution in [2.75, 3.05) is 26.2 Å². The molecule has 1 N–H and O–H groups in total. The second kappa shape index (κ2) is 10.0. The Bertz CT molecular complexity index is 1160. The highest BCUT2D eigenvalue weighted by Crippen LogP contribution is 2.34. The van der Waals surface area contributed by atoms with Crippen LogP contribution in [-0.4, -0.2) is 52.7 Å². The van der Waals surface area contributed by atoms with Crippen molar-refractivity contribution in [2.45, 2.75) is 51.8 Å². The third-order valence-corrected chi connectivity index (χ3v) is 8.43. The number of hydrogen-bond acceptors (Lipinski definition) is 7. The Labute approximate surface area is 201 Å². The minimum Gasteiger partial charge on any atom is -0.376 e. The molecule has 176 valence electrons. The van der Waals surface area contributed by atoms with Crippen LogP contribution in [0.4, 0.5) is 0 Å². The normalized spacial score (nSPS) is 20.0. The second-order valence-corrected chi connectivity index (χ2v) is 10.9. The summed E-state index contributed by atoms with van der Waals surface area (Å²) in [6, 6.07) is 4.01. The first kappa shape index (κ1) is 22.7. The van der Waals surface area contributed by atoms with Gasteiger partial charge in [0.25, 0.3) is 5.56 Å². The van der Waals surface area contributed by atoms with Crippen molar-refractivity contribution in [2.24, 2.45) is 5.92 Å². The van der Waals surface area contributed by atoms with Crippen LogP contribution in [0.15, 0.2) is 27.7 Å². The Morgan fingerprint density at radius 1 is 1.27 bits per heavy atom. The molecule has 3 aromatic heterocycles. The zero-order valence-corrected chi connectivity index (χ0v) is 20.6. The van der Waals surface area contributed by atoms with E-state index in [0.29, 0.717) is 24.3 Å². The lowest BCUT2D eigenvalue weighted by atomic mass is 9.99. The van der Waals surface area contributed by atoms with Crippen LogP contribution in [-0.2, 0) is 22.6 Å². The first-order valence-corrected chi connectivity index (χ1v) is 13.5. The Morgan fingerprint density at radius 3 is 2.85 bits per heavy atom. The van der Waals surface area contributed by atoms with E-state index < -0.39 is 0 Å². The maximum Gasteiger partial charge on any atom is 0.263 e. The highest BCUT2D eigenvalue weighted by Gasteiger charge is 2.23. The Kier molecular flexibility index (Phi) is 6.91. The molecule has 2 aliphatic rings. The van der Waals surface area contributed by atoms with Crippen molar-refractivity contribution < 1.29 is 9.53 Å². The van der Waals surface area contributed by atoms with Gasteiger partial charge in [-0.2, -0.15) is 0 Å². The van der Waals surface area contributed by atoms with Gasteiger partial charge < -0.3 is 10.1 Å². The van der Waals surface area contributed by atoms with Crippen molar-refractivity contribution >= 4 is 38.8 Å². The summed E-state index contributed by atoms with van der Waals surface area (Å²) in [6.45, 7) is 6.07. The van der Waals surface area contributed by atoms with Gasteiger partial charge in [-0.15, -0.1) is 22.7 Å². The number of likely N-dealkylation sites (tertiary alicyclic amines) is 1. The molecule has 5 rings (SSSR count). The fourth-order valence-electron chi connectivity index (χ4n) is 4.62. The molecule has 3 aromatic rings. The van der Waals surface area contributed by atoms with Gasteiger partial charge in [0.15, 0.2) is 0 Å². The topological polar surface area (TPSA) is 76.5 Å². The summed E-state index contributed by atoms with van der Waals surface area (Å²) in [7, 11) is 0. The van der Waals surface area contributed by atoms with Crippen molar-refractivity contribution in [3.63, 3.8) is 0 Å². The molecule has 9 heteroatoms. The van der Waals surface area contributed by atoms with Crippen molar-refractivity contribution in [3.8, 4) is 10.4 Å². The van der Waals surface area contributed by atoms with Crippen LogP contribution in [0.3, 0.4) is 0 Å². The van der Waals surface area contributed by atoms with E-state index in [-0.39, 0.29) is 24.1 Å². The van der Waals surface area contributed by atoms with Gasteiger partial charge in [-0.25, -0.2) is 4.98 Å². The lowest BCUT2D eigenvalue weighted by Gasteiger charge is -2.30. The average molecular weight is 487 g/mol. The van der Waals surface area contributed by atoms with Crippen molar-refractivity contribution in [1.29, 1.82) is 0 Å². The molecule has 0 aliphatic carbocycles. The van der Waals surface area contributed by atoms with E-state index in [1.165, 1.54) is 11.3 Å². The van der Waals surface area contributed by atoms with Crippen LogP contribution in [0.5, 0.6) is 0 Å². The molecule has 0 saturated carbocycles. The lowest BCUT2D eigenvalue weighted by Crippen LogP contribution is -2.39. The van der Waals surface area contributed by atoms with Gasteiger partial charge >= 0.3 is 0 Å². The zero-order valence-electron chi connectivity index (χ0n) is 18.9. The molecule has 0 unspecified atom stereocenters. The number of piperidine rings is 1. The van der Waals surface area contributed by atoms with Crippen LogP contribution in [0.2, 0.25) is 0 Å². The Morgan fingerprint density at radius 2 is 2.12 bits per heavy atom. The van der Waals surface area contributed by atoms with Gasteiger partial charge in [0.2, 0.25) is 5.91 Å². The predicted molar refractivity (Wildman–Crippen MR) is 133 cm³/mol. The molecule has 2 saturated heterocycles. The van der Waals surface area contributed by atoms with Crippen LogP contribution < -0.4 is 10.9 Å². The molecule has 0 spiro atoms. The summed E-state index contributed by atoms with van der Waals surface area (Å²) in [5.41, 5.74) is 0.784. The summed E-state index contributed by atoms with van der Waals surface area (Å²) in [5.74, 6) is 1.23. The highest BCUT2D eigenvalue weighted by atomic mass is 32.1. The number of nitrogens with one attached hydrogen (secondary N) is 1. The number of ether oxygens (including phenoxy) is 1. The van der Waals surface area contributed by atoms with Gasteiger partial charge in [0, 0.05) is 29.0 Å². The number of fused-ring (bicyclic) bond motifs is 1. The van der Waals surface area contributed by atoms with Crippen molar-refractivity contribution in [3.05, 3.63) is 39.1 Å². The van der Waals surface area contributed by atoms with E-state index in [2.05, 4.69) is 17.1 Å². The molecule has 33 heavy (non-hydrogen) atoms. The summed E-state index contributed by atoms with van der Waals surface area (Å²) in [5, 5.41) is 7.60. The average Bonchev–Trinajstić information content (AvgIpc) is 3.58. The van der Waals surface area contributed by atoms with Gasteiger partial charge in [-0.1, -0.05) is 13.0 Å². The van der Waals surface area contributed by atoms with E-state index in [9.17, 15) is 9.59 Å². The summed E-state index contributed by atoms with van der Waals surface area (Å²) < 4.78 is 7.21. The van der Waals surface area contributed by atoms with Gasteiger partial charge in [0.05, 0.1) is 18.0 Å². The van der Waals surface area contributed by atoms with Crippen LogP contribution >= 0.6 is 22.7 Å². The van der Waals surface area contributed by atoms with Gasteiger partial charge in [-0.3, -0.25) is 19.1 Å². The first-order valence-electron chi connectivity index (χ1n) is 11.7. The summed E-state index contributed by atoms with van der Waals surface area (Å²) in [4.78, 5) is 35.6. The SMILES string of the molecule is CC1CCN(Cc2nc3scc(-c4cccs4)c3c(=O)n2CC(=O)NC[C@@H]2CCCO2)CC1. The molecular formula is C24H30N4O3S2. The number of rotatable bonds is 7. The number of amides is 1. The number of thiophene rings is 2. The van der Waals surface area contributed by atoms with E-state index in [1.807, 2.05) is 22.9 Å². The number of nitrogens with zero attached hydrogens (tertiary/aromatic N) is 3. The Hall–Kier alpha value is -2.07. The Balaban J connectivity index is 1.45. The standard InChI is InChI=1S/C24H30N4O3S2/c1-16-6-8-27(9-7-16)13-20-26-23-22(18(15-33-23)19-5-3-11-32-19)24(30)28(20)14-21(29)25-12-17-4-2-10-31-17/h3,5,11,15-17H,2,4,6-10,12-14H2,1H3,(H,25,29)/t17-/m0/s1. The number of hydrogen-bond donors (Lipinski definition) is 1. The minimum absolute atomic E-state index is 0.0200. The molecule has 1 atom stereocenters. The van der Waals surface area contributed by atoms with Crippen LogP contribution in [0, 0.1) is 5.92 Å². The summed E-state index contributed by atoms with van der Waals surface area (Å²) >= 11 is 3.11. The third kappa shape index (κ3) is 5.06. The molecule has 7 nitrogen and oxygen atoms in total.